The lowest BCUT2D eigenvalue weighted by molar-refractivity contribution is 0.455. The first-order chi connectivity index (χ1) is 10.5. The average molecular weight is 317 g/mol. The van der Waals surface area contributed by atoms with Crippen molar-refractivity contribution >= 4 is 11.6 Å². The van der Waals surface area contributed by atoms with E-state index in [4.69, 9.17) is 11.6 Å². The summed E-state index contributed by atoms with van der Waals surface area (Å²) in [5.74, 6) is 0.480. The zero-order chi connectivity index (χ0) is 15.9. The lowest BCUT2D eigenvalue weighted by Crippen LogP contribution is -2.04. The molecule has 0 bridgehead atoms. The molecule has 0 atom stereocenters. The monoisotopic (exact) mass is 316 g/mol. The number of hydrogen-bond donors (Lipinski definition) is 0. The first-order valence-electron chi connectivity index (χ1n) is 7.08. The van der Waals surface area contributed by atoms with Crippen molar-refractivity contribution in [2.45, 2.75) is 33.7 Å². The molecule has 0 fully saturated rings. The summed E-state index contributed by atoms with van der Waals surface area (Å²) in [7, 11) is 0. The topological polar surface area (TPSA) is 61.4 Å². The predicted molar refractivity (Wildman–Crippen MR) is 85.2 cm³/mol. The molecule has 0 unspecified atom stereocenters. The third kappa shape index (κ3) is 2.50. The second kappa shape index (κ2) is 5.53. The minimum Gasteiger partial charge on any atom is -0.221 e. The van der Waals surface area contributed by atoms with E-state index in [0.717, 1.165) is 5.69 Å². The number of benzene rings is 1. The fourth-order valence-electron chi connectivity index (χ4n) is 2.07. The van der Waals surface area contributed by atoms with Crippen molar-refractivity contribution < 1.29 is 0 Å². The zero-order valence-corrected chi connectivity index (χ0v) is 13.7. The molecule has 0 saturated carbocycles. The van der Waals surface area contributed by atoms with Gasteiger partial charge in [-0.2, -0.15) is 9.90 Å². The number of rotatable bonds is 3. The van der Waals surface area contributed by atoms with Crippen molar-refractivity contribution in [2.24, 2.45) is 0 Å². The molecule has 0 saturated heterocycles. The zero-order valence-electron chi connectivity index (χ0n) is 12.9. The van der Waals surface area contributed by atoms with E-state index in [0.29, 0.717) is 16.5 Å². The van der Waals surface area contributed by atoms with Crippen LogP contribution < -0.4 is 0 Å². The lowest BCUT2D eigenvalue weighted by atomic mass is 10.1. The number of aryl methyl sites for hydroxylation is 2. The Kier molecular flexibility index (Phi) is 3.70. The van der Waals surface area contributed by atoms with Crippen molar-refractivity contribution in [1.82, 2.24) is 30.0 Å². The maximum absolute atomic E-state index is 6.46. The second-order valence-electron chi connectivity index (χ2n) is 5.56. The van der Waals surface area contributed by atoms with Gasteiger partial charge in [-0.15, -0.1) is 10.2 Å². The van der Waals surface area contributed by atoms with Gasteiger partial charge < -0.3 is 0 Å². The second-order valence-corrected chi connectivity index (χ2v) is 5.91. The van der Waals surface area contributed by atoms with Crippen LogP contribution in [0.2, 0.25) is 5.15 Å². The summed E-state index contributed by atoms with van der Waals surface area (Å²) < 4.78 is 1.68. The van der Waals surface area contributed by atoms with Crippen molar-refractivity contribution in [1.29, 1.82) is 0 Å². The number of aromatic nitrogens is 6. The largest absolute Gasteiger partial charge is 0.221 e. The Morgan fingerprint density at radius 2 is 1.91 bits per heavy atom. The maximum atomic E-state index is 6.46. The predicted octanol–water partition coefficient (Wildman–Crippen LogP) is 3.38. The average Bonchev–Trinajstić information content (AvgIpc) is 3.08. The SMILES string of the molecule is Cc1ccc(-n2ncc(-c3nnn(C(C)C)n3)c2Cl)cc1C. The number of hydrogen-bond acceptors (Lipinski definition) is 4. The molecular formula is C15H17ClN6. The van der Waals surface area contributed by atoms with E-state index in [1.165, 1.54) is 11.1 Å². The summed E-state index contributed by atoms with van der Waals surface area (Å²) in [6.07, 6.45) is 1.67. The Morgan fingerprint density at radius 3 is 2.55 bits per heavy atom. The van der Waals surface area contributed by atoms with E-state index >= 15 is 0 Å². The highest BCUT2D eigenvalue weighted by Crippen LogP contribution is 2.27. The van der Waals surface area contributed by atoms with Crippen LogP contribution in [-0.2, 0) is 0 Å². The Hall–Kier alpha value is -2.21. The first-order valence-corrected chi connectivity index (χ1v) is 7.46. The van der Waals surface area contributed by atoms with Crippen LogP contribution in [0.4, 0.5) is 0 Å². The quantitative estimate of drug-likeness (QED) is 0.743. The Morgan fingerprint density at radius 1 is 1.14 bits per heavy atom. The van der Waals surface area contributed by atoms with Crippen LogP contribution in [-0.4, -0.2) is 30.0 Å². The summed E-state index contributed by atoms with van der Waals surface area (Å²) in [6, 6.07) is 6.24. The fourth-order valence-corrected chi connectivity index (χ4v) is 2.35. The molecule has 0 N–H and O–H groups in total. The van der Waals surface area contributed by atoms with Crippen molar-refractivity contribution in [3.05, 3.63) is 40.7 Å². The molecule has 1 aromatic carbocycles. The smallest absolute Gasteiger partial charge is 0.209 e. The van der Waals surface area contributed by atoms with Gasteiger partial charge in [-0.1, -0.05) is 17.7 Å². The molecule has 6 nitrogen and oxygen atoms in total. The molecule has 0 spiro atoms. The fraction of sp³-hybridized carbons (Fsp3) is 0.333. The molecule has 0 radical (unpaired) electrons. The summed E-state index contributed by atoms with van der Waals surface area (Å²) in [4.78, 5) is 1.55. The van der Waals surface area contributed by atoms with Crippen LogP contribution in [0, 0.1) is 13.8 Å². The highest BCUT2D eigenvalue weighted by molar-refractivity contribution is 6.32. The van der Waals surface area contributed by atoms with Crippen LogP contribution in [0.15, 0.2) is 24.4 Å². The van der Waals surface area contributed by atoms with Gasteiger partial charge in [-0.3, -0.25) is 0 Å². The molecule has 7 heteroatoms. The summed E-state index contributed by atoms with van der Waals surface area (Å²) in [6.45, 7) is 8.12. The molecule has 0 amide bonds. The van der Waals surface area contributed by atoms with Crippen LogP contribution >= 0.6 is 11.6 Å². The third-order valence-corrected chi connectivity index (χ3v) is 3.94. The van der Waals surface area contributed by atoms with E-state index in [9.17, 15) is 0 Å². The Balaban J connectivity index is 2.02. The molecule has 22 heavy (non-hydrogen) atoms. The van der Waals surface area contributed by atoms with E-state index in [-0.39, 0.29) is 6.04 Å². The summed E-state index contributed by atoms with van der Waals surface area (Å²) in [5.41, 5.74) is 4.01. The minimum absolute atomic E-state index is 0.148. The normalized spacial score (nSPS) is 11.4. The van der Waals surface area contributed by atoms with Gasteiger partial charge in [0.1, 0.15) is 5.15 Å². The maximum Gasteiger partial charge on any atom is 0.209 e. The van der Waals surface area contributed by atoms with Gasteiger partial charge in [0.15, 0.2) is 0 Å². The van der Waals surface area contributed by atoms with Crippen molar-refractivity contribution in [3.63, 3.8) is 0 Å². The molecule has 3 aromatic rings. The number of tetrazole rings is 1. The van der Waals surface area contributed by atoms with Crippen LogP contribution in [0.5, 0.6) is 0 Å². The summed E-state index contributed by atoms with van der Waals surface area (Å²) in [5, 5.41) is 17.2. The third-order valence-electron chi connectivity index (χ3n) is 3.58. The first kappa shape index (κ1) is 14.7. The highest BCUT2D eigenvalue weighted by Gasteiger charge is 2.17. The van der Waals surface area contributed by atoms with Gasteiger partial charge in [0.2, 0.25) is 5.82 Å². The van der Waals surface area contributed by atoms with Gasteiger partial charge in [-0.05, 0) is 56.2 Å². The van der Waals surface area contributed by atoms with E-state index in [2.05, 4.69) is 46.5 Å². The van der Waals surface area contributed by atoms with E-state index in [1.54, 1.807) is 15.7 Å². The number of halogens is 1. The van der Waals surface area contributed by atoms with Gasteiger partial charge in [-0.25, -0.2) is 4.68 Å². The molecule has 0 aliphatic heterocycles. The van der Waals surface area contributed by atoms with Gasteiger partial charge in [0.05, 0.1) is 23.5 Å². The van der Waals surface area contributed by atoms with Gasteiger partial charge in [0.25, 0.3) is 0 Å². The van der Waals surface area contributed by atoms with Crippen LogP contribution in [0.25, 0.3) is 17.1 Å². The molecule has 114 valence electrons. The highest BCUT2D eigenvalue weighted by atomic mass is 35.5. The van der Waals surface area contributed by atoms with Crippen LogP contribution in [0.3, 0.4) is 0 Å². The molecule has 2 heterocycles. The molecule has 2 aromatic heterocycles. The van der Waals surface area contributed by atoms with E-state index < -0.39 is 0 Å². The Bertz CT molecular complexity index is 817. The standard InChI is InChI=1S/C15H17ClN6/c1-9(2)22-19-15(18-20-22)13-8-17-21(14(13)16)12-6-5-10(3)11(4)7-12/h5-9H,1-4H3. The van der Waals surface area contributed by atoms with Gasteiger partial charge in [0, 0.05) is 0 Å². The van der Waals surface area contributed by atoms with Gasteiger partial charge >= 0.3 is 0 Å². The molecular weight excluding hydrogens is 300 g/mol. The summed E-state index contributed by atoms with van der Waals surface area (Å²) >= 11 is 6.46. The lowest BCUT2D eigenvalue weighted by Gasteiger charge is -2.06. The van der Waals surface area contributed by atoms with Crippen LogP contribution in [0.1, 0.15) is 31.0 Å². The van der Waals surface area contributed by atoms with Crippen molar-refractivity contribution in [3.8, 4) is 17.1 Å². The molecule has 3 rings (SSSR count). The van der Waals surface area contributed by atoms with E-state index in [1.807, 2.05) is 19.9 Å². The minimum atomic E-state index is 0.148. The molecule has 0 aliphatic carbocycles. The number of nitrogens with zero attached hydrogens (tertiary/aromatic N) is 6. The molecule has 0 aliphatic rings. The van der Waals surface area contributed by atoms with Crippen molar-refractivity contribution in [2.75, 3.05) is 0 Å². The Labute approximate surface area is 133 Å².